The fourth-order valence-electron chi connectivity index (χ4n) is 4.15. The lowest BCUT2D eigenvalue weighted by Gasteiger charge is -2.25. The molecule has 9 nitrogen and oxygen atoms in total. The fraction of sp³-hybridized carbons (Fsp3) is 0.560. The quantitative estimate of drug-likeness (QED) is 0.592. The summed E-state index contributed by atoms with van der Waals surface area (Å²) < 4.78 is 12.9. The zero-order valence-corrected chi connectivity index (χ0v) is 22.8. The third-order valence-corrected chi connectivity index (χ3v) is 7.09. The van der Waals surface area contributed by atoms with E-state index in [1.165, 1.54) is 11.8 Å². The highest BCUT2D eigenvalue weighted by atomic mass is 32.2. The van der Waals surface area contributed by atoms with E-state index >= 15 is 0 Å². The van der Waals surface area contributed by atoms with Crippen molar-refractivity contribution in [2.75, 3.05) is 58.6 Å². The number of thioether (sulfide) groups is 1. The molecule has 1 aromatic heterocycles. The lowest BCUT2D eigenvalue weighted by atomic mass is 9.87. The smallest absolute Gasteiger partial charge is 0.240 e. The summed E-state index contributed by atoms with van der Waals surface area (Å²) in [6.07, 6.45) is 0. The van der Waals surface area contributed by atoms with Gasteiger partial charge in [0, 0.05) is 36.7 Å². The molecule has 0 fully saturated rings. The molecule has 0 bridgehead atoms. The lowest BCUT2D eigenvalue weighted by Crippen LogP contribution is -2.43. The van der Waals surface area contributed by atoms with Gasteiger partial charge in [-0.15, -0.1) is 11.8 Å². The Morgan fingerprint density at radius 1 is 1.26 bits per heavy atom. The molecule has 1 aliphatic rings. The number of amides is 2. The first kappa shape index (κ1) is 26.9. The number of aryl methyl sites for hydroxylation is 1. The minimum atomic E-state index is -0.288. The molecule has 3 rings (SSSR count). The number of likely N-dealkylation sites (N-methyl/N-ethyl adjacent to an activating group) is 1. The number of hydrogen-bond donors (Lipinski definition) is 1. The number of carbonyl (C=O) groups excluding carboxylic acids is 2. The van der Waals surface area contributed by atoms with Crippen LogP contribution in [-0.4, -0.2) is 80.2 Å². The number of aromatic nitrogens is 2. The Morgan fingerprint density at radius 2 is 1.97 bits per heavy atom. The van der Waals surface area contributed by atoms with Crippen LogP contribution < -0.4 is 19.7 Å². The monoisotopic (exact) mass is 503 g/mol. The molecular formula is C25H37N5O4S. The average Bonchev–Trinajstić information content (AvgIpc) is 3.07. The summed E-state index contributed by atoms with van der Waals surface area (Å²) in [6, 6.07) is 5.69. The van der Waals surface area contributed by atoms with Crippen molar-refractivity contribution in [1.82, 2.24) is 20.0 Å². The van der Waals surface area contributed by atoms with Crippen molar-refractivity contribution < 1.29 is 19.1 Å². The van der Waals surface area contributed by atoms with Crippen LogP contribution >= 0.6 is 11.8 Å². The number of carbonyl (C=O) groups is 2. The molecule has 0 aliphatic carbocycles. The predicted molar refractivity (Wildman–Crippen MR) is 140 cm³/mol. The Morgan fingerprint density at radius 3 is 2.57 bits per heavy atom. The van der Waals surface area contributed by atoms with E-state index in [-0.39, 0.29) is 34.8 Å². The third kappa shape index (κ3) is 5.92. The Bertz CT molecular complexity index is 1080. The lowest BCUT2D eigenvalue weighted by molar-refractivity contribution is -0.122. The van der Waals surface area contributed by atoms with Crippen LogP contribution in [0.4, 0.5) is 5.82 Å². The Labute approximate surface area is 212 Å². The maximum absolute atomic E-state index is 13.4. The summed E-state index contributed by atoms with van der Waals surface area (Å²) in [6.45, 7) is 7.47. The van der Waals surface area contributed by atoms with E-state index in [4.69, 9.17) is 14.6 Å². The fourth-order valence-corrected chi connectivity index (χ4v) is 5.36. The van der Waals surface area contributed by atoms with Gasteiger partial charge in [-0.25, -0.2) is 0 Å². The van der Waals surface area contributed by atoms with Gasteiger partial charge in [0.25, 0.3) is 0 Å². The summed E-state index contributed by atoms with van der Waals surface area (Å²) in [5.41, 5.74) is 2.42. The maximum atomic E-state index is 13.4. The van der Waals surface area contributed by atoms with Gasteiger partial charge in [0.15, 0.2) is 0 Å². The van der Waals surface area contributed by atoms with Gasteiger partial charge < -0.3 is 19.7 Å². The van der Waals surface area contributed by atoms with Crippen molar-refractivity contribution in [1.29, 1.82) is 0 Å². The predicted octanol–water partition coefficient (Wildman–Crippen LogP) is 2.58. The minimum Gasteiger partial charge on any atom is -0.497 e. The SMILES string of the molecule is COc1ccc(OC)c([C@H]2SCC(=O)N(CC(=O)NCCN(C)C)c3c2c(C(C)(C)C)nn3C)c1. The van der Waals surface area contributed by atoms with Gasteiger partial charge in [-0.1, -0.05) is 20.8 Å². The van der Waals surface area contributed by atoms with Crippen molar-refractivity contribution >= 4 is 29.4 Å². The van der Waals surface area contributed by atoms with E-state index < -0.39 is 0 Å². The van der Waals surface area contributed by atoms with Gasteiger partial charge in [-0.3, -0.25) is 19.2 Å². The van der Waals surface area contributed by atoms with E-state index in [1.807, 2.05) is 44.2 Å². The summed E-state index contributed by atoms with van der Waals surface area (Å²) in [5, 5.41) is 7.54. The number of nitrogens with one attached hydrogen (secondary N) is 1. The van der Waals surface area contributed by atoms with Gasteiger partial charge in [-0.2, -0.15) is 5.10 Å². The second-order valence-corrected chi connectivity index (χ2v) is 11.0. The molecule has 2 aromatic rings. The molecule has 0 radical (unpaired) electrons. The van der Waals surface area contributed by atoms with E-state index in [0.29, 0.717) is 23.9 Å². The zero-order chi connectivity index (χ0) is 25.9. The highest BCUT2D eigenvalue weighted by molar-refractivity contribution is 8.00. The number of methoxy groups -OCH3 is 2. The molecule has 35 heavy (non-hydrogen) atoms. The Kier molecular flexibility index (Phi) is 8.38. The van der Waals surface area contributed by atoms with Gasteiger partial charge in [0.2, 0.25) is 11.8 Å². The van der Waals surface area contributed by atoms with E-state index in [9.17, 15) is 9.59 Å². The molecule has 0 unspecified atom stereocenters. The summed E-state index contributed by atoms with van der Waals surface area (Å²) >= 11 is 1.51. The van der Waals surface area contributed by atoms with E-state index in [2.05, 4.69) is 26.1 Å². The Balaban J connectivity index is 2.13. The molecule has 0 saturated heterocycles. The second-order valence-electron chi connectivity index (χ2n) is 9.89. The van der Waals surface area contributed by atoms with Gasteiger partial charge in [-0.05, 0) is 32.3 Å². The number of rotatable bonds is 8. The molecule has 1 aromatic carbocycles. The van der Waals surface area contributed by atoms with E-state index in [0.717, 1.165) is 23.4 Å². The van der Waals surface area contributed by atoms with Crippen molar-refractivity contribution in [2.24, 2.45) is 7.05 Å². The molecule has 1 atom stereocenters. The molecule has 2 amide bonds. The van der Waals surface area contributed by atoms with Crippen molar-refractivity contribution in [3.8, 4) is 11.5 Å². The second kappa shape index (κ2) is 10.9. The van der Waals surface area contributed by atoms with Crippen molar-refractivity contribution in [3.63, 3.8) is 0 Å². The van der Waals surface area contributed by atoms with Crippen LogP contribution in [0.1, 0.15) is 42.8 Å². The largest absolute Gasteiger partial charge is 0.497 e. The van der Waals surface area contributed by atoms with Crippen molar-refractivity contribution in [3.05, 3.63) is 35.0 Å². The number of benzene rings is 1. The van der Waals surface area contributed by atoms with Gasteiger partial charge in [0.05, 0.1) is 30.9 Å². The summed E-state index contributed by atoms with van der Waals surface area (Å²) in [5.74, 6) is 1.94. The topological polar surface area (TPSA) is 88.9 Å². The number of ether oxygens (including phenoxy) is 2. The number of hydrogen-bond acceptors (Lipinski definition) is 7. The molecule has 1 N–H and O–H groups in total. The summed E-state index contributed by atoms with van der Waals surface area (Å²) in [7, 11) is 8.99. The van der Waals surface area contributed by atoms with Crippen LogP contribution in [0.3, 0.4) is 0 Å². The molecule has 0 saturated carbocycles. The van der Waals surface area contributed by atoms with Crippen LogP contribution in [0.15, 0.2) is 18.2 Å². The van der Waals surface area contributed by atoms with Crippen LogP contribution in [-0.2, 0) is 22.1 Å². The van der Waals surface area contributed by atoms with Crippen LogP contribution in [0.5, 0.6) is 11.5 Å². The highest BCUT2D eigenvalue weighted by Crippen LogP contribution is 2.50. The summed E-state index contributed by atoms with van der Waals surface area (Å²) in [4.78, 5) is 29.8. The standard InChI is InChI=1S/C25H37N5O4S/c1-25(2,3)23-21-22(17-13-16(33-7)9-10-18(17)34-8)35-15-20(32)30(24(21)29(6)27-23)14-19(31)26-11-12-28(4)5/h9-10,13,22H,11-12,14-15H2,1-8H3,(H,26,31)/t22-/m1/s1. The van der Waals surface area contributed by atoms with Gasteiger partial charge in [0.1, 0.15) is 23.9 Å². The van der Waals surface area contributed by atoms with Crippen molar-refractivity contribution in [2.45, 2.75) is 31.4 Å². The first-order valence-corrected chi connectivity index (χ1v) is 12.7. The van der Waals surface area contributed by atoms with Gasteiger partial charge >= 0.3 is 0 Å². The highest BCUT2D eigenvalue weighted by Gasteiger charge is 2.39. The normalized spacial score (nSPS) is 16.2. The molecule has 10 heteroatoms. The zero-order valence-electron chi connectivity index (χ0n) is 22.0. The molecule has 1 aliphatic heterocycles. The third-order valence-electron chi connectivity index (χ3n) is 5.86. The van der Waals surface area contributed by atoms with Crippen LogP contribution in [0.25, 0.3) is 0 Å². The Hall–Kier alpha value is -2.72. The maximum Gasteiger partial charge on any atom is 0.240 e. The first-order valence-electron chi connectivity index (χ1n) is 11.6. The molecule has 2 heterocycles. The number of anilines is 1. The molecule has 0 spiro atoms. The minimum absolute atomic E-state index is 0.0646. The first-order chi connectivity index (χ1) is 16.5. The van der Waals surface area contributed by atoms with E-state index in [1.54, 1.807) is 23.8 Å². The number of fused-ring (bicyclic) bond motifs is 1. The molecule has 192 valence electrons. The number of nitrogens with zero attached hydrogens (tertiary/aromatic N) is 4. The van der Waals surface area contributed by atoms with Crippen LogP contribution in [0, 0.1) is 0 Å². The van der Waals surface area contributed by atoms with Crippen LogP contribution in [0.2, 0.25) is 0 Å². The molecular weight excluding hydrogens is 466 g/mol. The average molecular weight is 504 g/mol.